The van der Waals surface area contributed by atoms with Gasteiger partial charge in [-0.05, 0) is 48.5 Å². The predicted molar refractivity (Wildman–Crippen MR) is 122 cm³/mol. The zero-order chi connectivity index (χ0) is 22.3. The summed E-state index contributed by atoms with van der Waals surface area (Å²) in [5, 5.41) is 0.514. The zero-order valence-corrected chi connectivity index (χ0v) is 17.7. The molecule has 0 bridgehead atoms. The average molecular weight is 429 g/mol. The summed E-state index contributed by atoms with van der Waals surface area (Å²) >= 11 is 0. The normalized spacial score (nSPS) is 10.8. The second-order valence-electron chi connectivity index (χ2n) is 7.19. The molecule has 32 heavy (non-hydrogen) atoms. The van der Waals surface area contributed by atoms with Crippen LogP contribution >= 0.6 is 0 Å². The second kappa shape index (κ2) is 9.89. The molecule has 4 aromatic rings. The van der Waals surface area contributed by atoms with Crippen LogP contribution in [0, 0.1) is 0 Å². The SMILES string of the molecule is COCCN(Cc1nc2ccccc2c(=O)[nH]1)C(=O)c1ccc(Oc2ccccc2)cc1. The summed E-state index contributed by atoms with van der Waals surface area (Å²) in [5.74, 6) is 1.59. The lowest BCUT2D eigenvalue weighted by atomic mass is 10.2. The van der Waals surface area contributed by atoms with Gasteiger partial charge in [-0.15, -0.1) is 0 Å². The van der Waals surface area contributed by atoms with Crippen molar-refractivity contribution < 1.29 is 14.3 Å². The molecule has 0 fully saturated rings. The van der Waals surface area contributed by atoms with Gasteiger partial charge in [0.25, 0.3) is 11.5 Å². The van der Waals surface area contributed by atoms with Gasteiger partial charge in [0.1, 0.15) is 17.3 Å². The molecule has 0 spiro atoms. The van der Waals surface area contributed by atoms with Crippen LogP contribution in [0.5, 0.6) is 11.5 Å². The van der Waals surface area contributed by atoms with Gasteiger partial charge in [-0.1, -0.05) is 30.3 Å². The topological polar surface area (TPSA) is 84.5 Å². The molecule has 0 radical (unpaired) electrons. The summed E-state index contributed by atoms with van der Waals surface area (Å²) < 4.78 is 11.0. The Morgan fingerprint density at radius 3 is 2.38 bits per heavy atom. The maximum Gasteiger partial charge on any atom is 0.258 e. The number of para-hydroxylation sites is 2. The minimum Gasteiger partial charge on any atom is -0.457 e. The van der Waals surface area contributed by atoms with Crippen molar-refractivity contribution in [3.05, 3.63) is 101 Å². The predicted octanol–water partition coefficient (Wildman–Crippen LogP) is 4.00. The smallest absolute Gasteiger partial charge is 0.258 e. The van der Waals surface area contributed by atoms with Crippen molar-refractivity contribution in [2.75, 3.05) is 20.3 Å². The first-order valence-electron chi connectivity index (χ1n) is 10.2. The van der Waals surface area contributed by atoms with Crippen LogP contribution < -0.4 is 10.3 Å². The Hall–Kier alpha value is -3.97. The van der Waals surface area contributed by atoms with E-state index in [9.17, 15) is 9.59 Å². The number of hydrogen-bond donors (Lipinski definition) is 1. The van der Waals surface area contributed by atoms with Crippen LogP contribution in [0.1, 0.15) is 16.2 Å². The van der Waals surface area contributed by atoms with Gasteiger partial charge in [0, 0.05) is 19.2 Å². The fraction of sp³-hybridized carbons (Fsp3) is 0.160. The van der Waals surface area contributed by atoms with E-state index in [1.54, 1.807) is 54.5 Å². The molecule has 0 aliphatic carbocycles. The summed E-state index contributed by atoms with van der Waals surface area (Å²) in [5.41, 5.74) is 0.865. The fourth-order valence-electron chi connectivity index (χ4n) is 3.32. The van der Waals surface area contributed by atoms with Gasteiger partial charge in [-0.3, -0.25) is 9.59 Å². The first-order valence-corrected chi connectivity index (χ1v) is 10.2. The van der Waals surface area contributed by atoms with Crippen LogP contribution in [-0.4, -0.2) is 41.0 Å². The van der Waals surface area contributed by atoms with Crippen molar-refractivity contribution in [1.82, 2.24) is 14.9 Å². The highest BCUT2D eigenvalue weighted by Gasteiger charge is 2.18. The van der Waals surface area contributed by atoms with Crippen molar-refractivity contribution in [2.45, 2.75) is 6.54 Å². The molecule has 1 amide bonds. The van der Waals surface area contributed by atoms with E-state index in [0.717, 1.165) is 5.75 Å². The number of benzene rings is 3. The number of methoxy groups -OCH3 is 1. The first-order chi connectivity index (χ1) is 15.6. The number of aromatic amines is 1. The summed E-state index contributed by atoms with van der Waals surface area (Å²) in [6.45, 7) is 0.872. The molecule has 0 atom stereocenters. The highest BCUT2D eigenvalue weighted by molar-refractivity contribution is 5.94. The number of amides is 1. The van der Waals surface area contributed by atoms with Crippen molar-refractivity contribution in [3.8, 4) is 11.5 Å². The first kappa shape index (κ1) is 21.3. The second-order valence-corrected chi connectivity index (χ2v) is 7.19. The van der Waals surface area contributed by atoms with Crippen LogP contribution in [0.2, 0.25) is 0 Å². The molecule has 1 N–H and O–H groups in total. The van der Waals surface area contributed by atoms with E-state index in [-0.39, 0.29) is 18.0 Å². The van der Waals surface area contributed by atoms with Crippen LogP contribution in [0.15, 0.2) is 83.7 Å². The van der Waals surface area contributed by atoms with Crippen LogP contribution in [0.25, 0.3) is 10.9 Å². The van der Waals surface area contributed by atoms with Crippen molar-refractivity contribution in [3.63, 3.8) is 0 Å². The van der Waals surface area contributed by atoms with Gasteiger partial charge in [0.2, 0.25) is 0 Å². The number of nitrogens with zero attached hydrogens (tertiary/aromatic N) is 2. The number of hydrogen-bond acceptors (Lipinski definition) is 5. The highest BCUT2D eigenvalue weighted by Crippen LogP contribution is 2.22. The largest absolute Gasteiger partial charge is 0.457 e. The molecule has 4 rings (SSSR count). The third-order valence-electron chi connectivity index (χ3n) is 4.94. The van der Waals surface area contributed by atoms with Gasteiger partial charge < -0.3 is 19.4 Å². The molecule has 0 saturated carbocycles. The Morgan fingerprint density at radius 2 is 1.62 bits per heavy atom. The van der Waals surface area contributed by atoms with E-state index < -0.39 is 0 Å². The monoisotopic (exact) mass is 429 g/mol. The van der Waals surface area contributed by atoms with E-state index in [0.29, 0.717) is 41.2 Å². The van der Waals surface area contributed by atoms with E-state index >= 15 is 0 Å². The Morgan fingerprint density at radius 1 is 0.938 bits per heavy atom. The van der Waals surface area contributed by atoms with Crippen LogP contribution in [0.3, 0.4) is 0 Å². The van der Waals surface area contributed by atoms with Gasteiger partial charge in [-0.25, -0.2) is 4.98 Å². The number of fused-ring (bicyclic) bond motifs is 1. The molecule has 0 saturated heterocycles. The summed E-state index contributed by atoms with van der Waals surface area (Å²) in [6.07, 6.45) is 0. The molecule has 7 nitrogen and oxygen atoms in total. The van der Waals surface area contributed by atoms with E-state index in [2.05, 4.69) is 9.97 Å². The molecular weight excluding hydrogens is 406 g/mol. The van der Waals surface area contributed by atoms with E-state index in [1.165, 1.54) is 0 Å². The highest BCUT2D eigenvalue weighted by atomic mass is 16.5. The lowest BCUT2D eigenvalue weighted by molar-refractivity contribution is 0.0675. The van der Waals surface area contributed by atoms with Crippen LogP contribution in [0.4, 0.5) is 0 Å². The van der Waals surface area contributed by atoms with Crippen molar-refractivity contribution in [2.24, 2.45) is 0 Å². The van der Waals surface area contributed by atoms with E-state index in [4.69, 9.17) is 9.47 Å². The zero-order valence-electron chi connectivity index (χ0n) is 17.7. The van der Waals surface area contributed by atoms with Crippen molar-refractivity contribution in [1.29, 1.82) is 0 Å². The Balaban J connectivity index is 1.53. The Labute approximate surface area is 185 Å². The number of nitrogens with one attached hydrogen (secondary N) is 1. The molecule has 0 aliphatic rings. The average Bonchev–Trinajstić information content (AvgIpc) is 2.82. The molecule has 7 heteroatoms. The molecule has 0 unspecified atom stereocenters. The van der Waals surface area contributed by atoms with Gasteiger partial charge in [0.15, 0.2) is 0 Å². The van der Waals surface area contributed by atoms with Crippen LogP contribution in [-0.2, 0) is 11.3 Å². The van der Waals surface area contributed by atoms with Gasteiger partial charge in [-0.2, -0.15) is 0 Å². The number of carbonyl (C=O) groups excluding carboxylic acids is 1. The third-order valence-corrected chi connectivity index (χ3v) is 4.94. The van der Waals surface area contributed by atoms with Crippen molar-refractivity contribution >= 4 is 16.8 Å². The quantitative estimate of drug-likeness (QED) is 0.458. The molecular formula is C25H23N3O4. The molecule has 1 heterocycles. The van der Waals surface area contributed by atoms with Gasteiger partial charge in [0.05, 0.1) is 24.1 Å². The molecule has 0 aliphatic heterocycles. The number of rotatable bonds is 8. The fourth-order valence-corrected chi connectivity index (χ4v) is 3.32. The molecule has 3 aromatic carbocycles. The summed E-state index contributed by atoms with van der Waals surface area (Å²) in [4.78, 5) is 34.5. The number of aromatic nitrogens is 2. The summed E-state index contributed by atoms with van der Waals surface area (Å²) in [6, 6.07) is 23.5. The minimum atomic E-state index is -0.229. The maximum atomic E-state index is 13.2. The third kappa shape index (κ3) is 5.01. The number of H-pyrrole nitrogens is 1. The number of carbonyl (C=O) groups is 1. The van der Waals surface area contributed by atoms with E-state index in [1.807, 2.05) is 36.4 Å². The standard InChI is InChI=1S/C25H23N3O4/c1-31-16-15-28(17-23-26-22-10-6-5-9-21(22)24(29)27-23)25(30)18-11-13-20(14-12-18)32-19-7-3-2-4-8-19/h2-14H,15-17H2,1H3,(H,26,27,29). The lowest BCUT2D eigenvalue weighted by Gasteiger charge is -2.22. The minimum absolute atomic E-state index is 0.157. The lowest BCUT2D eigenvalue weighted by Crippen LogP contribution is -2.34. The Bertz CT molecular complexity index is 1250. The summed E-state index contributed by atoms with van der Waals surface area (Å²) in [7, 11) is 1.58. The van der Waals surface area contributed by atoms with Gasteiger partial charge >= 0.3 is 0 Å². The Kier molecular flexibility index (Phi) is 6.57. The maximum absolute atomic E-state index is 13.2. The number of ether oxygens (including phenoxy) is 2. The molecule has 162 valence electrons. The molecule has 1 aromatic heterocycles.